The summed E-state index contributed by atoms with van der Waals surface area (Å²) in [4.78, 5) is 48.1. The minimum absolute atomic E-state index is 0.0399. The van der Waals surface area contributed by atoms with Crippen molar-refractivity contribution in [2.45, 2.75) is 50.0 Å². The number of nitrogens with zero attached hydrogens (tertiary/aromatic N) is 3. The zero-order chi connectivity index (χ0) is 30.8. The fourth-order valence-electron chi connectivity index (χ4n) is 7.47. The Bertz CT molecular complexity index is 1360. The Labute approximate surface area is 253 Å². The number of hydrogen-bond donors (Lipinski definition) is 1. The quantitative estimate of drug-likeness (QED) is 0.360. The number of carbonyl (C=O) groups excluding carboxylic acids is 3. The van der Waals surface area contributed by atoms with E-state index < -0.39 is 29.1 Å². The van der Waals surface area contributed by atoms with Gasteiger partial charge in [-0.15, -0.1) is 13.2 Å². The van der Waals surface area contributed by atoms with Crippen LogP contribution in [0.2, 0.25) is 0 Å². The van der Waals surface area contributed by atoms with Crippen LogP contribution in [-0.2, 0) is 25.7 Å². The number of carbonyl (C=O) groups is 3. The molecule has 228 valence electrons. The van der Waals surface area contributed by atoms with Crippen molar-refractivity contribution in [2.75, 3.05) is 38.3 Å². The third-order valence-corrected chi connectivity index (χ3v) is 9.36. The van der Waals surface area contributed by atoms with Crippen LogP contribution in [0.1, 0.15) is 31.7 Å². The van der Waals surface area contributed by atoms with Gasteiger partial charge in [-0.25, -0.2) is 0 Å². The number of aliphatic hydroxyl groups is 1. The van der Waals surface area contributed by atoms with Gasteiger partial charge in [0.15, 0.2) is 0 Å². The van der Waals surface area contributed by atoms with E-state index in [1.54, 1.807) is 53.3 Å². The maximum Gasteiger partial charge on any atom is 0.253 e. The molecule has 3 amide bonds. The van der Waals surface area contributed by atoms with Crippen LogP contribution in [0.5, 0.6) is 5.75 Å². The molecule has 3 aliphatic rings. The minimum Gasteiger partial charge on any atom is -0.497 e. The smallest absolute Gasteiger partial charge is 0.253 e. The molecule has 0 saturated carbocycles. The minimum atomic E-state index is -1.20. The second-order valence-corrected chi connectivity index (χ2v) is 11.5. The number of aliphatic hydroxyl groups excluding tert-OH is 1. The molecule has 5 rings (SSSR count). The van der Waals surface area contributed by atoms with Gasteiger partial charge in [0.05, 0.1) is 31.2 Å². The standard InChI is InChI=1S/C34H41N3O6/c1-5-19-35(23-24-11-9-8-10-12-24)30(39)27-28-31(40)37(21-22-38)29(34(28)18-17-33(27,7-3)43-34)32(41)36(20-6-2)25-13-15-26(42-4)16-14-25/h5-6,8-16,27-29,38H,1-2,7,17-23H2,3-4H3/t27-,28-,29?,33+,34?/m0/s1. The van der Waals surface area contributed by atoms with Gasteiger partial charge in [0.2, 0.25) is 11.8 Å². The molecular formula is C34H41N3O6. The number of fused-ring (bicyclic) bond motifs is 1. The highest BCUT2D eigenvalue weighted by molar-refractivity contribution is 6.05. The second-order valence-electron chi connectivity index (χ2n) is 11.5. The number of likely N-dealkylation sites (tertiary alicyclic amines) is 1. The Kier molecular flexibility index (Phi) is 8.76. The zero-order valence-electron chi connectivity index (χ0n) is 25.0. The first-order valence-corrected chi connectivity index (χ1v) is 14.9. The maximum absolute atomic E-state index is 14.6. The number of hydrogen-bond acceptors (Lipinski definition) is 6. The van der Waals surface area contributed by atoms with Crippen LogP contribution in [0.15, 0.2) is 79.9 Å². The predicted octanol–water partition coefficient (Wildman–Crippen LogP) is 3.58. The number of β-amino-alcohol motifs (C(OH)–C–C–N with tert-alkyl or cyclic N) is 1. The lowest BCUT2D eigenvalue weighted by atomic mass is 9.64. The molecule has 9 nitrogen and oxygen atoms in total. The summed E-state index contributed by atoms with van der Waals surface area (Å²) >= 11 is 0. The Morgan fingerprint density at radius 1 is 1.07 bits per heavy atom. The summed E-state index contributed by atoms with van der Waals surface area (Å²) in [5.41, 5.74) is -0.486. The maximum atomic E-state index is 14.6. The molecule has 3 heterocycles. The summed E-state index contributed by atoms with van der Waals surface area (Å²) in [7, 11) is 1.57. The predicted molar refractivity (Wildman–Crippen MR) is 163 cm³/mol. The van der Waals surface area contributed by atoms with Crippen LogP contribution in [0.25, 0.3) is 0 Å². The molecule has 1 spiro atoms. The molecule has 2 aromatic carbocycles. The number of benzene rings is 2. The molecule has 9 heteroatoms. The van der Waals surface area contributed by atoms with E-state index in [1.807, 2.05) is 37.3 Å². The lowest BCUT2D eigenvalue weighted by molar-refractivity contribution is -0.151. The number of rotatable bonds is 13. The third kappa shape index (κ3) is 5.04. The summed E-state index contributed by atoms with van der Waals surface area (Å²) in [6.07, 6.45) is 4.86. The lowest BCUT2D eigenvalue weighted by Gasteiger charge is -2.37. The monoisotopic (exact) mass is 587 g/mol. The van der Waals surface area contributed by atoms with E-state index in [0.717, 1.165) is 5.56 Å². The summed E-state index contributed by atoms with van der Waals surface area (Å²) < 4.78 is 12.2. The highest BCUT2D eigenvalue weighted by atomic mass is 16.5. The molecule has 3 fully saturated rings. The zero-order valence-corrected chi connectivity index (χ0v) is 25.0. The molecule has 0 aliphatic carbocycles. The van der Waals surface area contributed by atoms with Crippen LogP contribution < -0.4 is 9.64 Å². The van der Waals surface area contributed by atoms with E-state index in [9.17, 15) is 19.5 Å². The number of ether oxygens (including phenoxy) is 2. The summed E-state index contributed by atoms with van der Waals surface area (Å²) in [6.45, 7) is 10.2. The molecule has 5 atom stereocenters. The summed E-state index contributed by atoms with van der Waals surface area (Å²) in [5, 5.41) is 10.0. The van der Waals surface area contributed by atoms with E-state index in [4.69, 9.17) is 9.47 Å². The summed E-state index contributed by atoms with van der Waals surface area (Å²) in [6, 6.07) is 15.8. The van der Waals surface area contributed by atoms with Gasteiger partial charge in [-0.2, -0.15) is 0 Å². The normalized spacial score (nSPS) is 27.1. The Morgan fingerprint density at radius 3 is 2.37 bits per heavy atom. The Balaban J connectivity index is 1.56. The van der Waals surface area contributed by atoms with Crippen molar-refractivity contribution < 1.29 is 29.0 Å². The first kappa shape index (κ1) is 30.5. The van der Waals surface area contributed by atoms with Crippen molar-refractivity contribution in [3.63, 3.8) is 0 Å². The van der Waals surface area contributed by atoms with Gasteiger partial charge in [0.1, 0.15) is 17.4 Å². The molecule has 3 aliphatic heterocycles. The third-order valence-electron chi connectivity index (χ3n) is 9.36. The van der Waals surface area contributed by atoms with Crippen molar-refractivity contribution >= 4 is 23.4 Å². The van der Waals surface area contributed by atoms with Crippen LogP contribution >= 0.6 is 0 Å². The van der Waals surface area contributed by atoms with Gasteiger partial charge in [0.25, 0.3) is 5.91 Å². The molecule has 2 aromatic rings. The highest BCUT2D eigenvalue weighted by Gasteiger charge is 2.79. The van der Waals surface area contributed by atoms with E-state index in [-0.39, 0.29) is 37.4 Å². The van der Waals surface area contributed by atoms with Crippen LogP contribution in [0.4, 0.5) is 5.69 Å². The van der Waals surface area contributed by atoms with Crippen molar-refractivity contribution in [3.8, 4) is 5.75 Å². The molecule has 43 heavy (non-hydrogen) atoms. The average molecular weight is 588 g/mol. The van der Waals surface area contributed by atoms with Gasteiger partial charge in [-0.3, -0.25) is 14.4 Å². The van der Waals surface area contributed by atoms with Crippen LogP contribution in [-0.4, -0.2) is 83.2 Å². The van der Waals surface area contributed by atoms with Gasteiger partial charge in [0, 0.05) is 31.9 Å². The highest BCUT2D eigenvalue weighted by Crippen LogP contribution is 2.64. The number of anilines is 1. The molecule has 2 bridgehead atoms. The molecule has 2 unspecified atom stereocenters. The Morgan fingerprint density at radius 2 is 1.77 bits per heavy atom. The van der Waals surface area contributed by atoms with E-state index >= 15 is 0 Å². The second kappa shape index (κ2) is 12.3. The molecule has 3 saturated heterocycles. The molecule has 0 radical (unpaired) electrons. The number of methoxy groups -OCH3 is 1. The topological polar surface area (TPSA) is 99.6 Å². The first-order chi connectivity index (χ1) is 20.8. The SMILES string of the molecule is C=CCN(Cc1ccccc1)C(=O)[C@@H]1[C@H]2C(=O)N(CCO)C(C(=O)N(CC=C)c3ccc(OC)cc3)C23CC[C@@]1(CC)O3. The van der Waals surface area contributed by atoms with Crippen molar-refractivity contribution in [2.24, 2.45) is 11.8 Å². The fraction of sp³-hybridized carbons (Fsp3) is 0.441. The van der Waals surface area contributed by atoms with Gasteiger partial charge >= 0.3 is 0 Å². The largest absolute Gasteiger partial charge is 0.497 e. The molecule has 0 aromatic heterocycles. The van der Waals surface area contributed by atoms with Gasteiger partial charge in [-0.1, -0.05) is 49.4 Å². The summed E-state index contributed by atoms with van der Waals surface area (Å²) in [5.74, 6) is -1.81. The van der Waals surface area contributed by atoms with Crippen LogP contribution in [0, 0.1) is 11.8 Å². The van der Waals surface area contributed by atoms with Crippen molar-refractivity contribution in [1.82, 2.24) is 9.80 Å². The van der Waals surface area contributed by atoms with Crippen LogP contribution in [0.3, 0.4) is 0 Å². The van der Waals surface area contributed by atoms with E-state index in [1.165, 1.54) is 4.90 Å². The van der Waals surface area contributed by atoms with Gasteiger partial charge in [-0.05, 0) is 49.1 Å². The number of amides is 3. The average Bonchev–Trinajstić information content (AvgIpc) is 3.63. The first-order valence-electron chi connectivity index (χ1n) is 14.9. The molecular weight excluding hydrogens is 546 g/mol. The lowest BCUT2D eigenvalue weighted by Crippen LogP contribution is -2.57. The Hall–Kier alpha value is -3.95. The van der Waals surface area contributed by atoms with E-state index in [2.05, 4.69) is 13.2 Å². The molecule has 1 N–H and O–H groups in total. The van der Waals surface area contributed by atoms with Gasteiger partial charge < -0.3 is 29.3 Å². The van der Waals surface area contributed by atoms with Crippen molar-refractivity contribution in [3.05, 3.63) is 85.5 Å². The van der Waals surface area contributed by atoms with E-state index in [0.29, 0.717) is 43.8 Å². The fourth-order valence-corrected chi connectivity index (χ4v) is 7.47. The van der Waals surface area contributed by atoms with Crippen molar-refractivity contribution in [1.29, 1.82) is 0 Å².